The summed E-state index contributed by atoms with van der Waals surface area (Å²) >= 11 is 3.38. The number of carbonyl (C=O) groups is 1. The Kier molecular flexibility index (Phi) is 7.06. The van der Waals surface area contributed by atoms with Crippen molar-refractivity contribution >= 4 is 39.5 Å². The number of esters is 1. The topological polar surface area (TPSA) is 71.4 Å². The summed E-state index contributed by atoms with van der Waals surface area (Å²) < 4.78 is 11.6. The molecule has 2 aromatic carbocycles. The molecule has 1 aliphatic heterocycles. The molecule has 0 bridgehead atoms. The summed E-state index contributed by atoms with van der Waals surface area (Å²) in [7, 11) is 0. The van der Waals surface area contributed by atoms with Crippen LogP contribution in [0.15, 0.2) is 45.9 Å². The largest absolute Gasteiger partial charge is 0.507 e. The van der Waals surface area contributed by atoms with Crippen LogP contribution in [0, 0.1) is 0 Å². The Morgan fingerprint density at radius 2 is 2.07 bits per heavy atom. The Labute approximate surface area is 172 Å². The molecule has 2 aromatic rings. The van der Waals surface area contributed by atoms with E-state index in [1.807, 2.05) is 19.1 Å². The second-order valence-electron chi connectivity index (χ2n) is 6.40. The lowest BCUT2D eigenvalue weighted by Gasteiger charge is -2.30. The number of nitrogens with zero attached hydrogens (tertiary/aromatic N) is 2. The molecule has 1 N–H and O–H groups in total. The van der Waals surface area contributed by atoms with Crippen LogP contribution >= 0.6 is 15.9 Å². The monoisotopic (exact) mass is 446 g/mol. The van der Waals surface area contributed by atoms with Gasteiger partial charge in [-0.1, -0.05) is 22.9 Å². The summed E-state index contributed by atoms with van der Waals surface area (Å²) in [6.45, 7) is 5.05. The summed E-state index contributed by atoms with van der Waals surface area (Å²) in [5, 5.41) is 9.96. The Morgan fingerprint density at radius 1 is 1.29 bits per heavy atom. The molecule has 0 atom stereocenters. The van der Waals surface area contributed by atoms with Crippen LogP contribution in [0.25, 0.3) is 0 Å². The van der Waals surface area contributed by atoms with Gasteiger partial charge in [-0.25, -0.2) is 4.79 Å². The molecule has 0 radical (unpaired) electrons. The minimum atomic E-state index is -0.356. The quantitative estimate of drug-likeness (QED) is 0.528. The number of hydrogen-bond acceptors (Lipinski definition) is 6. The van der Waals surface area contributed by atoms with Crippen molar-refractivity contribution in [3.05, 3.63) is 52.0 Å². The molecule has 1 aliphatic rings. The number of phenolic OH excluding ortho intramolecular Hbond substituents is 1. The van der Waals surface area contributed by atoms with E-state index in [0.717, 1.165) is 29.7 Å². The molecule has 28 heavy (non-hydrogen) atoms. The van der Waals surface area contributed by atoms with Gasteiger partial charge in [0.15, 0.2) is 0 Å². The van der Waals surface area contributed by atoms with Crippen molar-refractivity contribution in [2.75, 3.05) is 37.8 Å². The Hall–Kier alpha value is -2.38. The first-order chi connectivity index (χ1) is 13.6. The third kappa shape index (κ3) is 5.11. The molecule has 148 valence electrons. The van der Waals surface area contributed by atoms with E-state index >= 15 is 0 Å². The van der Waals surface area contributed by atoms with E-state index in [9.17, 15) is 9.90 Å². The molecule has 0 spiro atoms. The Bertz CT molecular complexity index is 863. The predicted molar refractivity (Wildman–Crippen MR) is 113 cm³/mol. The second kappa shape index (κ2) is 9.71. The third-order valence-electron chi connectivity index (χ3n) is 4.33. The molecule has 0 amide bonds. The minimum Gasteiger partial charge on any atom is -0.507 e. The molecule has 3 rings (SSSR count). The van der Waals surface area contributed by atoms with Gasteiger partial charge in [0.25, 0.3) is 0 Å². The maximum atomic E-state index is 12.6. The van der Waals surface area contributed by atoms with Crippen LogP contribution in [0.2, 0.25) is 0 Å². The fourth-order valence-corrected chi connectivity index (χ4v) is 3.27. The SMILES string of the molecule is CCCOC(=O)c1cc(N=Cc2cc(Br)ccc2O)ccc1N1CCOCC1. The van der Waals surface area contributed by atoms with Crippen LogP contribution in [0.1, 0.15) is 29.3 Å². The van der Waals surface area contributed by atoms with Crippen molar-refractivity contribution in [1.29, 1.82) is 0 Å². The summed E-state index contributed by atoms with van der Waals surface area (Å²) in [6, 6.07) is 10.6. The van der Waals surface area contributed by atoms with Crippen LogP contribution in [0.4, 0.5) is 11.4 Å². The molecule has 0 aliphatic carbocycles. The van der Waals surface area contributed by atoms with E-state index in [2.05, 4.69) is 25.8 Å². The predicted octanol–water partition coefficient (Wildman–Crippen LogP) is 4.31. The number of halogens is 1. The highest BCUT2D eigenvalue weighted by Crippen LogP contribution is 2.28. The van der Waals surface area contributed by atoms with E-state index in [4.69, 9.17) is 9.47 Å². The van der Waals surface area contributed by atoms with Crippen molar-refractivity contribution < 1.29 is 19.4 Å². The van der Waals surface area contributed by atoms with E-state index in [0.29, 0.717) is 36.6 Å². The Morgan fingerprint density at radius 3 is 2.82 bits per heavy atom. The molecular weight excluding hydrogens is 424 g/mol. The molecule has 1 fully saturated rings. The molecule has 0 aromatic heterocycles. The van der Waals surface area contributed by atoms with Gasteiger partial charge in [-0.2, -0.15) is 0 Å². The van der Waals surface area contributed by atoms with Crippen molar-refractivity contribution in [2.45, 2.75) is 13.3 Å². The number of rotatable bonds is 6. The van der Waals surface area contributed by atoms with Gasteiger partial charge in [0.2, 0.25) is 0 Å². The van der Waals surface area contributed by atoms with Crippen LogP contribution < -0.4 is 4.90 Å². The molecular formula is C21H23BrN2O4. The Balaban J connectivity index is 1.90. The first-order valence-electron chi connectivity index (χ1n) is 9.25. The fourth-order valence-electron chi connectivity index (χ4n) is 2.89. The fraction of sp³-hybridized carbons (Fsp3) is 0.333. The average Bonchev–Trinajstić information content (AvgIpc) is 2.73. The summed E-state index contributed by atoms with van der Waals surface area (Å²) in [5.41, 5.74) is 2.51. The maximum Gasteiger partial charge on any atom is 0.340 e. The summed E-state index contributed by atoms with van der Waals surface area (Å²) in [4.78, 5) is 19.2. The van der Waals surface area contributed by atoms with Crippen molar-refractivity contribution in [1.82, 2.24) is 0 Å². The normalized spacial score (nSPS) is 14.4. The van der Waals surface area contributed by atoms with Crippen molar-refractivity contribution in [3.8, 4) is 5.75 Å². The van der Waals surface area contributed by atoms with Gasteiger partial charge in [-0.05, 0) is 42.8 Å². The van der Waals surface area contributed by atoms with Crippen molar-refractivity contribution in [2.24, 2.45) is 4.99 Å². The molecule has 7 heteroatoms. The first kappa shape index (κ1) is 20.4. The van der Waals surface area contributed by atoms with Crippen LogP contribution in [-0.4, -0.2) is 50.2 Å². The lowest BCUT2D eigenvalue weighted by Crippen LogP contribution is -2.37. The zero-order chi connectivity index (χ0) is 19.9. The number of carbonyl (C=O) groups excluding carboxylic acids is 1. The van der Waals surface area contributed by atoms with Crippen LogP contribution in [0.5, 0.6) is 5.75 Å². The maximum absolute atomic E-state index is 12.6. The van der Waals surface area contributed by atoms with Gasteiger partial charge < -0.3 is 19.5 Å². The summed E-state index contributed by atoms with van der Waals surface area (Å²) in [5.74, 6) is -0.217. The number of phenols is 1. The smallest absolute Gasteiger partial charge is 0.340 e. The molecule has 0 saturated carbocycles. The highest BCUT2D eigenvalue weighted by molar-refractivity contribution is 9.10. The van der Waals surface area contributed by atoms with E-state index < -0.39 is 0 Å². The van der Waals surface area contributed by atoms with E-state index in [1.54, 1.807) is 30.5 Å². The number of anilines is 1. The number of aliphatic imine (C=N–C) groups is 1. The number of benzene rings is 2. The van der Waals surface area contributed by atoms with Gasteiger partial charge in [0, 0.05) is 29.3 Å². The highest BCUT2D eigenvalue weighted by atomic mass is 79.9. The molecule has 1 saturated heterocycles. The minimum absolute atomic E-state index is 0.138. The number of ether oxygens (including phenoxy) is 2. The third-order valence-corrected chi connectivity index (χ3v) is 4.82. The standard InChI is InChI=1S/C21H23BrN2O4/c1-2-9-28-21(26)18-13-17(4-5-19(18)24-7-10-27-11-8-24)23-14-15-12-16(22)3-6-20(15)25/h3-6,12-14,25H,2,7-11H2,1H3. The van der Waals surface area contributed by atoms with E-state index in [-0.39, 0.29) is 11.7 Å². The van der Waals surface area contributed by atoms with Gasteiger partial charge >= 0.3 is 5.97 Å². The average molecular weight is 447 g/mol. The first-order valence-corrected chi connectivity index (χ1v) is 10.0. The van der Waals surface area contributed by atoms with Gasteiger partial charge in [0.1, 0.15) is 5.75 Å². The van der Waals surface area contributed by atoms with Gasteiger partial charge in [-0.3, -0.25) is 4.99 Å². The highest BCUT2D eigenvalue weighted by Gasteiger charge is 2.20. The molecule has 0 unspecified atom stereocenters. The zero-order valence-corrected chi connectivity index (χ0v) is 17.3. The van der Waals surface area contributed by atoms with Gasteiger partial charge in [0.05, 0.1) is 36.8 Å². The van der Waals surface area contributed by atoms with Crippen LogP contribution in [-0.2, 0) is 9.47 Å². The second-order valence-corrected chi connectivity index (χ2v) is 7.31. The number of morpholine rings is 1. The lowest BCUT2D eigenvalue weighted by molar-refractivity contribution is 0.0505. The van der Waals surface area contributed by atoms with Crippen LogP contribution in [0.3, 0.4) is 0 Å². The summed E-state index contributed by atoms with van der Waals surface area (Å²) in [6.07, 6.45) is 2.34. The number of hydrogen-bond donors (Lipinski definition) is 1. The molecule has 6 nitrogen and oxygen atoms in total. The molecule has 1 heterocycles. The number of aromatic hydroxyl groups is 1. The lowest BCUT2D eigenvalue weighted by atomic mass is 10.1. The van der Waals surface area contributed by atoms with Crippen molar-refractivity contribution in [3.63, 3.8) is 0 Å². The van der Waals surface area contributed by atoms with Gasteiger partial charge in [-0.15, -0.1) is 0 Å². The zero-order valence-electron chi connectivity index (χ0n) is 15.7. The van der Waals surface area contributed by atoms with E-state index in [1.165, 1.54) is 0 Å².